The van der Waals surface area contributed by atoms with Gasteiger partial charge in [-0.05, 0) is 12.1 Å². The molecule has 0 saturated heterocycles. The molecule has 0 atom stereocenters. The summed E-state index contributed by atoms with van der Waals surface area (Å²) in [5, 5.41) is 0. The Balaban J connectivity index is 3.41. The second-order valence-corrected chi connectivity index (χ2v) is 5.03. The van der Waals surface area contributed by atoms with Crippen molar-refractivity contribution >= 4 is 15.9 Å². The third kappa shape index (κ3) is 2.56. The van der Waals surface area contributed by atoms with Crippen LogP contribution < -0.4 is 5.73 Å². The van der Waals surface area contributed by atoms with Crippen LogP contribution in [0.25, 0.3) is 0 Å². The third-order valence-corrected chi connectivity index (χ3v) is 2.49. The van der Waals surface area contributed by atoms with Crippen LogP contribution in [0.1, 0.15) is 0 Å². The summed E-state index contributed by atoms with van der Waals surface area (Å²) in [5.41, 5.74) is 3.05. The molecule has 1 aromatic carbocycles. The van der Waals surface area contributed by atoms with Crippen molar-refractivity contribution < 1.29 is 25.2 Å². The maximum Gasteiger partial charge on any atom is 0.310 e. The minimum atomic E-state index is -9.50. The van der Waals surface area contributed by atoms with Crippen LogP contribution in [0.4, 0.5) is 25.1 Å². The molecule has 1 nitrogen and oxygen atoms in total. The van der Waals surface area contributed by atoms with E-state index in [0.717, 1.165) is 6.07 Å². The fourth-order valence-corrected chi connectivity index (χ4v) is 1.50. The van der Waals surface area contributed by atoms with Crippen LogP contribution in [0.2, 0.25) is 0 Å². The zero-order chi connectivity index (χ0) is 10.4. The Morgan fingerprint density at radius 1 is 1.00 bits per heavy atom. The Morgan fingerprint density at radius 3 is 1.85 bits per heavy atom. The van der Waals surface area contributed by atoms with Gasteiger partial charge in [0.15, 0.2) is 0 Å². The van der Waals surface area contributed by atoms with Gasteiger partial charge in [0.25, 0.3) is 0 Å². The van der Waals surface area contributed by atoms with E-state index < -0.39 is 15.1 Å². The quantitative estimate of drug-likeness (QED) is 0.704. The summed E-state index contributed by atoms with van der Waals surface area (Å²) >= 11 is 0. The molecule has 0 radical (unpaired) electrons. The second kappa shape index (κ2) is 1.98. The van der Waals surface area contributed by atoms with Gasteiger partial charge in [0.1, 0.15) is 10.6 Å². The van der Waals surface area contributed by atoms with E-state index in [2.05, 4.69) is 5.73 Å². The molecule has 0 fully saturated rings. The number of benzene rings is 1. The normalized spacial score (nSPS) is 17.7. The van der Waals surface area contributed by atoms with Crippen LogP contribution in [0.3, 0.4) is 0 Å². The highest BCUT2D eigenvalue weighted by Gasteiger charge is 2.65. The van der Waals surface area contributed by atoms with Crippen LogP contribution >= 0.6 is 10.2 Å². The van der Waals surface area contributed by atoms with Gasteiger partial charge in [-0.25, -0.2) is 0 Å². The summed E-state index contributed by atoms with van der Waals surface area (Å²) in [6, 6.07) is 2.79. The van der Waals surface area contributed by atoms with E-state index in [-0.39, 0.29) is 5.69 Å². The van der Waals surface area contributed by atoms with Crippen molar-refractivity contribution in [3.63, 3.8) is 0 Å². The Labute approximate surface area is 71.1 Å². The summed E-state index contributed by atoms with van der Waals surface area (Å²) in [7, 11) is -9.50. The van der Waals surface area contributed by atoms with E-state index >= 15 is 0 Å². The van der Waals surface area contributed by atoms with Crippen LogP contribution in [0.5, 0.6) is 0 Å². The van der Waals surface area contributed by atoms with Gasteiger partial charge in [0, 0.05) is 6.07 Å². The van der Waals surface area contributed by atoms with Gasteiger partial charge < -0.3 is 5.73 Å². The maximum absolute atomic E-state index is 12.1. The second-order valence-electron chi connectivity index (χ2n) is 2.62. The van der Waals surface area contributed by atoms with Crippen LogP contribution in [-0.2, 0) is 0 Å². The van der Waals surface area contributed by atoms with Crippen molar-refractivity contribution in [2.24, 2.45) is 0 Å². The molecule has 76 valence electrons. The standard InChI is InChI=1S/C6H6F5NS/c7-13(8,9,10,11)6-3-1-2-5(12)4-6/h1-4H,12H2/p+1. The first kappa shape index (κ1) is 10.3. The predicted octanol–water partition coefficient (Wildman–Crippen LogP) is 3.22. The minimum Gasteiger partial charge on any atom is -0.325 e. The van der Waals surface area contributed by atoms with E-state index in [9.17, 15) is 19.4 Å². The number of quaternary nitrogens is 1. The lowest BCUT2D eigenvalue weighted by Crippen LogP contribution is -2.40. The van der Waals surface area contributed by atoms with Gasteiger partial charge in [0.2, 0.25) is 0 Å². The minimum absolute atomic E-state index is 0.0919. The van der Waals surface area contributed by atoms with Crippen molar-refractivity contribution in [2.45, 2.75) is 4.90 Å². The first-order valence-corrected chi connectivity index (χ1v) is 5.10. The average Bonchev–Trinajstić information content (AvgIpc) is 1.82. The van der Waals surface area contributed by atoms with Crippen molar-refractivity contribution in [1.29, 1.82) is 0 Å². The molecular formula is C6H7F5NS+. The van der Waals surface area contributed by atoms with E-state index in [1.165, 1.54) is 6.07 Å². The smallest absolute Gasteiger partial charge is 0.310 e. The highest BCUT2D eigenvalue weighted by atomic mass is 32.5. The van der Waals surface area contributed by atoms with Crippen molar-refractivity contribution in [1.82, 2.24) is 0 Å². The first-order chi connectivity index (χ1) is 5.49. The molecule has 0 saturated carbocycles. The van der Waals surface area contributed by atoms with Gasteiger partial charge in [-0.1, -0.05) is 25.5 Å². The van der Waals surface area contributed by atoms with Crippen LogP contribution in [0, 0.1) is 0 Å². The van der Waals surface area contributed by atoms with Gasteiger partial charge in [0.05, 0.1) is 0 Å². The average molecular weight is 220 g/mol. The van der Waals surface area contributed by atoms with Gasteiger partial charge >= 0.3 is 10.2 Å². The number of rotatable bonds is 1. The van der Waals surface area contributed by atoms with E-state index in [1.807, 2.05) is 0 Å². The monoisotopic (exact) mass is 220 g/mol. The molecule has 0 aromatic heterocycles. The SMILES string of the molecule is [NH3+]c1cccc(S(F)(F)(F)(F)F)c1. The van der Waals surface area contributed by atoms with Gasteiger partial charge in [-0.15, -0.1) is 0 Å². The Morgan fingerprint density at radius 2 is 1.54 bits per heavy atom. The largest absolute Gasteiger partial charge is 0.325 e. The Kier molecular flexibility index (Phi) is 1.56. The lowest BCUT2D eigenvalue weighted by molar-refractivity contribution is -0.255. The number of hydrogen-bond acceptors (Lipinski definition) is 0. The third-order valence-electron chi connectivity index (χ3n) is 1.34. The Bertz CT molecular complexity index is 342. The van der Waals surface area contributed by atoms with Gasteiger partial charge in [-0.2, -0.15) is 0 Å². The predicted molar refractivity (Wildman–Crippen MR) is 40.4 cm³/mol. The number of hydrogen-bond donors (Lipinski definition) is 1. The zero-order valence-corrected chi connectivity index (χ0v) is 7.13. The molecule has 0 unspecified atom stereocenters. The maximum atomic E-state index is 12.1. The molecule has 0 bridgehead atoms. The highest BCUT2D eigenvalue weighted by Crippen LogP contribution is 3.02. The topological polar surface area (TPSA) is 27.6 Å². The zero-order valence-electron chi connectivity index (χ0n) is 6.31. The lowest BCUT2D eigenvalue weighted by Gasteiger charge is -2.40. The molecule has 0 amide bonds. The molecular weight excluding hydrogens is 213 g/mol. The molecule has 0 aliphatic heterocycles. The molecule has 3 N–H and O–H groups in total. The molecule has 13 heavy (non-hydrogen) atoms. The summed E-state index contributed by atoms with van der Waals surface area (Å²) in [6.45, 7) is 0. The molecule has 0 aliphatic carbocycles. The summed E-state index contributed by atoms with van der Waals surface area (Å²) in [5.74, 6) is 0. The Hall–Kier alpha value is -0.820. The highest BCUT2D eigenvalue weighted by molar-refractivity contribution is 8.45. The van der Waals surface area contributed by atoms with E-state index in [0.29, 0.717) is 12.1 Å². The number of halogens is 5. The summed E-state index contributed by atoms with van der Waals surface area (Å²) < 4.78 is 60.5. The summed E-state index contributed by atoms with van der Waals surface area (Å²) in [4.78, 5) is -1.90. The van der Waals surface area contributed by atoms with E-state index in [4.69, 9.17) is 0 Å². The molecule has 0 aliphatic rings. The molecule has 0 heterocycles. The fourth-order valence-electron chi connectivity index (χ4n) is 0.785. The molecule has 1 aromatic rings. The van der Waals surface area contributed by atoms with Gasteiger partial charge in [-0.3, -0.25) is 0 Å². The fraction of sp³-hybridized carbons (Fsp3) is 0. The van der Waals surface area contributed by atoms with E-state index in [1.54, 1.807) is 0 Å². The summed E-state index contributed by atoms with van der Waals surface area (Å²) in [6.07, 6.45) is 0. The van der Waals surface area contributed by atoms with Crippen LogP contribution in [0.15, 0.2) is 29.2 Å². The molecule has 7 heteroatoms. The van der Waals surface area contributed by atoms with Crippen molar-refractivity contribution in [3.05, 3.63) is 24.3 Å². The first-order valence-electron chi connectivity index (χ1n) is 3.15. The van der Waals surface area contributed by atoms with Crippen molar-refractivity contribution in [2.75, 3.05) is 0 Å². The van der Waals surface area contributed by atoms with Crippen molar-refractivity contribution in [3.8, 4) is 0 Å². The molecule has 1 rings (SSSR count). The molecule has 0 spiro atoms. The van der Waals surface area contributed by atoms with Crippen LogP contribution in [-0.4, -0.2) is 0 Å². The lowest BCUT2D eigenvalue weighted by atomic mass is 10.3.